The van der Waals surface area contributed by atoms with Gasteiger partial charge in [-0.2, -0.15) is 0 Å². The number of hydrogen-bond donors (Lipinski definition) is 3. The lowest BCUT2D eigenvalue weighted by atomic mass is 10.2. The Kier molecular flexibility index (Phi) is 4.72. The smallest absolute Gasteiger partial charge is 0.165 e. The molecule has 0 saturated heterocycles. The van der Waals surface area contributed by atoms with Crippen LogP contribution in [0, 0.1) is 11.2 Å². The van der Waals surface area contributed by atoms with Crippen LogP contribution in [0.3, 0.4) is 0 Å². The molecule has 5 heteroatoms. The lowest BCUT2D eigenvalue weighted by Gasteiger charge is -2.08. The lowest BCUT2D eigenvalue weighted by Crippen LogP contribution is -2.18. The monoisotopic (exact) mass is 226 g/mol. The van der Waals surface area contributed by atoms with Crippen molar-refractivity contribution in [3.63, 3.8) is 0 Å². The Bertz CT molecular complexity index is 369. The van der Waals surface area contributed by atoms with Crippen molar-refractivity contribution in [1.82, 2.24) is 5.48 Å². The van der Waals surface area contributed by atoms with Crippen LogP contribution in [0.5, 0.6) is 5.75 Å². The van der Waals surface area contributed by atoms with Gasteiger partial charge in [-0.3, -0.25) is 16.1 Å². The second-order valence-electron chi connectivity index (χ2n) is 3.33. The first kappa shape index (κ1) is 12.4. The van der Waals surface area contributed by atoms with Crippen molar-refractivity contribution in [2.24, 2.45) is 0 Å². The molecule has 0 fully saturated rings. The third-order valence-electron chi connectivity index (χ3n) is 2.09. The Labute approximate surface area is 93.5 Å². The molecule has 88 valence electrons. The standard InChI is InChI=1S/C11H15FN2O2/c1-2-3-6-16-10-5-4-8(7-9(10)12)11(13)14-15/h4-5,7,15H,2-3,6H2,1H3,(H2,13,14). The van der Waals surface area contributed by atoms with Gasteiger partial charge in [-0.1, -0.05) is 13.3 Å². The fourth-order valence-electron chi connectivity index (χ4n) is 1.16. The van der Waals surface area contributed by atoms with E-state index in [2.05, 4.69) is 0 Å². The molecule has 16 heavy (non-hydrogen) atoms. The molecule has 4 nitrogen and oxygen atoms in total. The Morgan fingerprint density at radius 3 is 2.88 bits per heavy atom. The van der Waals surface area contributed by atoms with Gasteiger partial charge in [-0.25, -0.2) is 4.39 Å². The normalized spacial score (nSPS) is 9.94. The minimum absolute atomic E-state index is 0.169. The Hall–Kier alpha value is -1.62. The number of hydroxylamine groups is 1. The third kappa shape index (κ3) is 3.20. The van der Waals surface area contributed by atoms with E-state index in [0.717, 1.165) is 18.9 Å². The van der Waals surface area contributed by atoms with Crippen LogP contribution in [0.25, 0.3) is 0 Å². The van der Waals surface area contributed by atoms with Crippen LogP contribution in [0.15, 0.2) is 18.2 Å². The summed E-state index contributed by atoms with van der Waals surface area (Å²) in [4.78, 5) is 0. The molecule has 0 aliphatic heterocycles. The first-order chi connectivity index (χ1) is 7.69. The number of ether oxygens (including phenoxy) is 1. The third-order valence-corrected chi connectivity index (χ3v) is 2.09. The number of nitrogens with one attached hydrogen (secondary N) is 2. The number of benzene rings is 1. The van der Waals surface area contributed by atoms with Crippen LogP contribution in [0.4, 0.5) is 4.39 Å². The quantitative estimate of drug-likeness (QED) is 0.312. The number of hydrogen-bond acceptors (Lipinski definition) is 3. The molecule has 0 atom stereocenters. The van der Waals surface area contributed by atoms with Crippen molar-refractivity contribution < 1.29 is 14.3 Å². The molecule has 0 aliphatic carbocycles. The van der Waals surface area contributed by atoms with E-state index in [0.29, 0.717) is 6.61 Å². The minimum atomic E-state index is -0.534. The molecular weight excluding hydrogens is 211 g/mol. The van der Waals surface area contributed by atoms with Crippen LogP contribution in [-0.2, 0) is 0 Å². The lowest BCUT2D eigenvalue weighted by molar-refractivity contribution is 0.234. The Morgan fingerprint density at radius 2 is 2.31 bits per heavy atom. The van der Waals surface area contributed by atoms with Gasteiger partial charge >= 0.3 is 0 Å². The molecule has 0 radical (unpaired) electrons. The minimum Gasteiger partial charge on any atom is -0.491 e. The molecule has 0 aliphatic rings. The maximum Gasteiger partial charge on any atom is 0.165 e. The summed E-state index contributed by atoms with van der Waals surface area (Å²) < 4.78 is 18.7. The zero-order valence-electron chi connectivity index (χ0n) is 9.09. The fraction of sp³-hybridized carbons (Fsp3) is 0.364. The molecule has 3 N–H and O–H groups in total. The number of rotatable bonds is 5. The maximum atomic E-state index is 13.4. The highest BCUT2D eigenvalue weighted by Gasteiger charge is 2.07. The van der Waals surface area contributed by atoms with Gasteiger partial charge < -0.3 is 4.74 Å². The summed E-state index contributed by atoms with van der Waals surface area (Å²) in [5, 5.41) is 15.7. The second-order valence-corrected chi connectivity index (χ2v) is 3.33. The van der Waals surface area contributed by atoms with Crippen LogP contribution < -0.4 is 10.2 Å². The van der Waals surface area contributed by atoms with Crippen molar-refractivity contribution >= 4 is 5.84 Å². The fourth-order valence-corrected chi connectivity index (χ4v) is 1.16. The highest BCUT2D eigenvalue weighted by Crippen LogP contribution is 2.18. The molecule has 0 bridgehead atoms. The summed E-state index contributed by atoms with van der Waals surface area (Å²) >= 11 is 0. The zero-order valence-corrected chi connectivity index (χ0v) is 9.09. The van der Waals surface area contributed by atoms with Crippen LogP contribution in [0.2, 0.25) is 0 Å². The van der Waals surface area contributed by atoms with E-state index in [9.17, 15) is 4.39 Å². The van der Waals surface area contributed by atoms with Gasteiger partial charge in [0.05, 0.1) is 6.61 Å². The Balaban J connectivity index is 2.71. The number of unbranched alkanes of at least 4 members (excludes halogenated alkanes) is 1. The molecule has 1 rings (SSSR count). The van der Waals surface area contributed by atoms with Gasteiger partial charge in [0.25, 0.3) is 0 Å². The molecule has 0 saturated carbocycles. The predicted octanol–water partition coefficient (Wildman–Crippen LogP) is 2.31. The van der Waals surface area contributed by atoms with E-state index in [1.807, 2.05) is 6.92 Å². The average molecular weight is 226 g/mol. The van der Waals surface area contributed by atoms with E-state index in [1.165, 1.54) is 12.1 Å². The van der Waals surface area contributed by atoms with Gasteiger partial charge in [0, 0.05) is 5.56 Å². The van der Waals surface area contributed by atoms with Crippen molar-refractivity contribution in [2.45, 2.75) is 19.8 Å². The van der Waals surface area contributed by atoms with Crippen molar-refractivity contribution in [3.8, 4) is 5.75 Å². The van der Waals surface area contributed by atoms with Crippen molar-refractivity contribution in [2.75, 3.05) is 6.61 Å². The van der Waals surface area contributed by atoms with Gasteiger partial charge in [0.2, 0.25) is 0 Å². The SMILES string of the molecule is CCCCOc1ccc(C(=N)NO)cc1F. The van der Waals surface area contributed by atoms with E-state index in [-0.39, 0.29) is 17.1 Å². The highest BCUT2D eigenvalue weighted by atomic mass is 19.1. The van der Waals surface area contributed by atoms with E-state index >= 15 is 0 Å². The van der Waals surface area contributed by atoms with Crippen LogP contribution >= 0.6 is 0 Å². The van der Waals surface area contributed by atoms with Gasteiger partial charge in [0.15, 0.2) is 11.6 Å². The summed E-state index contributed by atoms with van der Waals surface area (Å²) in [6.45, 7) is 2.50. The van der Waals surface area contributed by atoms with E-state index in [1.54, 1.807) is 5.48 Å². The maximum absolute atomic E-state index is 13.4. The number of amidine groups is 1. The summed E-state index contributed by atoms with van der Waals surface area (Å²) in [7, 11) is 0. The molecule has 0 heterocycles. The molecule has 0 spiro atoms. The van der Waals surface area contributed by atoms with Gasteiger partial charge in [-0.05, 0) is 24.6 Å². The highest BCUT2D eigenvalue weighted by molar-refractivity contribution is 5.95. The largest absolute Gasteiger partial charge is 0.491 e. The second kappa shape index (κ2) is 6.07. The predicted molar refractivity (Wildman–Crippen MR) is 58.6 cm³/mol. The van der Waals surface area contributed by atoms with Crippen molar-refractivity contribution in [1.29, 1.82) is 5.41 Å². The van der Waals surface area contributed by atoms with Crippen LogP contribution in [-0.4, -0.2) is 17.6 Å². The molecule has 1 aromatic rings. The zero-order chi connectivity index (χ0) is 12.0. The van der Waals surface area contributed by atoms with E-state index < -0.39 is 5.82 Å². The topological polar surface area (TPSA) is 65.3 Å². The first-order valence-corrected chi connectivity index (χ1v) is 5.10. The Morgan fingerprint density at radius 1 is 1.56 bits per heavy atom. The first-order valence-electron chi connectivity index (χ1n) is 5.10. The van der Waals surface area contributed by atoms with Crippen LogP contribution in [0.1, 0.15) is 25.3 Å². The molecule has 0 aromatic heterocycles. The summed E-state index contributed by atoms with van der Waals surface area (Å²) in [6.07, 6.45) is 1.86. The van der Waals surface area contributed by atoms with E-state index in [4.69, 9.17) is 15.4 Å². The van der Waals surface area contributed by atoms with Crippen molar-refractivity contribution in [3.05, 3.63) is 29.6 Å². The number of halogens is 1. The summed E-state index contributed by atoms with van der Waals surface area (Å²) in [5.74, 6) is -0.615. The molecule has 1 aromatic carbocycles. The van der Waals surface area contributed by atoms with Gasteiger partial charge in [0.1, 0.15) is 5.84 Å². The average Bonchev–Trinajstić information content (AvgIpc) is 2.30. The molecule has 0 amide bonds. The molecular formula is C11H15FN2O2. The summed E-state index contributed by atoms with van der Waals surface area (Å²) in [5.41, 5.74) is 1.92. The molecule has 0 unspecified atom stereocenters. The van der Waals surface area contributed by atoms with Gasteiger partial charge in [-0.15, -0.1) is 0 Å². The summed E-state index contributed by atoms with van der Waals surface area (Å²) in [6, 6.07) is 4.11.